The molecule has 0 spiro atoms. The molecule has 2 aliphatic heterocycles. The molecule has 0 N–H and O–H groups in total. The van der Waals surface area contributed by atoms with E-state index >= 15 is 8.78 Å². The van der Waals surface area contributed by atoms with Gasteiger partial charge in [-0.2, -0.15) is 13.8 Å². The third kappa shape index (κ3) is 7.16. The molecule has 2 fully saturated rings. The van der Waals surface area contributed by atoms with Gasteiger partial charge in [-0.15, -0.1) is 0 Å². The van der Waals surface area contributed by atoms with Gasteiger partial charge in [-0.25, -0.2) is 9.36 Å². The van der Waals surface area contributed by atoms with Gasteiger partial charge < -0.3 is 9.47 Å². The van der Waals surface area contributed by atoms with Gasteiger partial charge in [0.25, 0.3) is 0 Å². The molecule has 13 heteroatoms. The van der Waals surface area contributed by atoms with Gasteiger partial charge in [-0.3, -0.25) is 22.9 Å². The lowest BCUT2D eigenvalue weighted by molar-refractivity contribution is -0.176. The lowest BCUT2D eigenvalue weighted by Gasteiger charge is -2.24. The van der Waals surface area contributed by atoms with Crippen LogP contribution in [0, 0.1) is 6.92 Å². The normalized spacial score (nSPS) is 30.0. The molecule has 5 atom stereocenters. The van der Waals surface area contributed by atoms with Gasteiger partial charge >= 0.3 is 25.4 Å². The predicted octanol–water partition coefficient (Wildman–Crippen LogP) is 4.31. The first-order chi connectivity index (χ1) is 16.6. The molecule has 35 heavy (non-hydrogen) atoms. The number of aryl methyl sites for hydroxylation is 1. The molecule has 0 aromatic carbocycles. The summed E-state index contributed by atoms with van der Waals surface area (Å²) in [4.78, 5) is 28.3. The van der Waals surface area contributed by atoms with Crippen LogP contribution in [-0.4, -0.2) is 53.0 Å². The van der Waals surface area contributed by atoms with Gasteiger partial charge in [0, 0.05) is 18.3 Å². The highest BCUT2D eigenvalue weighted by Crippen LogP contribution is 2.55. The van der Waals surface area contributed by atoms with Gasteiger partial charge in [0.1, 0.15) is 6.10 Å². The fourth-order valence-electron chi connectivity index (χ4n) is 3.88. The summed E-state index contributed by atoms with van der Waals surface area (Å²) in [5.74, 6) is -4.62. The van der Waals surface area contributed by atoms with Crippen molar-refractivity contribution in [1.29, 1.82) is 0 Å². The first-order valence-corrected chi connectivity index (χ1v) is 13.4. The van der Waals surface area contributed by atoms with E-state index < -0.39 is 56.6 Å². The average molecular weight is 522 g/mol. The quantitative estimate of drug-likeness (QED) is 0.225. The maximum absolute atomic E-state index is 15.5. The van der Waals surface area contributed by atoms with Gasteiger partial charge in [0.15, 0.2) is 6.10 Å². The third-order valence-electron chi connectivity index (χ3n) is 5.74. The van der Waals surface area contributed by atoms with E-state index in [9.17, 15) is 14.2 Å². The van der Waals surface area contributed by atoms with Crippen LogP contribution in [0.15, 0.2) is 17.1 Å². The van der Waals surface area contributed by atoms with E-state index in [0.29, 0.717) is 16.7 Å². The number of phosphoric acid groups is 1. The van der Waals surface area contributed by atoms with Crippen molar-refractivity contribution >= 4 is 13.8 Å². The maximum Gasteiger partial charge on any atom is 0.475 e. The number of alkyl halides is 2. The number of phosphoric ester groups is 1. The Balaban J connectivity index is 1.72. The van der Waals surface area contributed by atoms with E-state index in [1.807, 2.05) is 0 Å². The number of carbonyl (C=O) groups excluding carboxylic acids is 1. The average Bonchev–Trinajstić information content (AvgIpc) is 3.25. The highest BCUT2D eigenvalue weighted by Gasteiger charge is 2.63. The minimum atomic E-state index is -3.97. The van der Waals surface area contributed by atoms with Crippen LogP contribution in [0.2, 0.25) is 0 Å². The van der Waals surface area contributed by atoms with Crippen molar-refractivity contribution in [2.24, 2.45) is 0 Å². The third-order valence-corrected chi connectivity index (χ3v) is 7.29. The molecule has 1 aromatic heterocycles. The van der Waals surface area contributed by atoms with Crippen LogP contribution >= 0.6 is 7.82 Å². The summed E-state index contributed by atoms with van der Waals surface area (Å²) >= 11 is 0. The highest BCUT2D eigenvalue weighted by atomic mass is 31.2. The largest absolute Gasteiger partial charge is 0.475 e. The minimum absolute atomic E-state index is 0.0166. The number of hydrogen-bond donors (Lipinski definition) is 0. The smallest absolute Gasteiger partial charge is 0.453 e. The number of carbonyl (C=O) groups is 1. The molecule has 0 radical (unpaired) electrons. The number of nitrogens with zero attached hydrogens (tertiary/aromatic N) is 2. The SMILES string of the molecule is CCCCCCCCC(=O)O[C@@H]1[C@@H](COP2(=O)OCC(C)O2)O[C@@H](n2ccc(C)nc2=O)C1(F)F. The lowest BCUT2D eigenvalue weighted by atomic mass is 10.1. The molecule has 10 nitrogen and oxygen atoms in total. The molecule has 2 unspecified atom stereocenters. The van der Waals surface area contributed by atoms with Gasteiger partial charge in [-0.05, 0) is 26.3 Å². The second-order valence-corrected chi connectivity index (χ2v) is 10.5. The zero-order chi connectivity index (χ0) is 25.6. The molecule has 0 aliphatic carbocycles. The summed E-state index contributed by atoms with van der Waals surface area (Å²) < 4.78 is 69.9. The number of esters is 1. The van der Waals surface area contributed by atoms with Crippen molar-refractivity contribution in [3.8, 4) is 0 Å². The Morgan fingerprint density at radius 3 is 2.66 bits per heavy atom. The fourth-order valence-corrected chi connectivity index (χ4v) is 5.30. The van der Waals surface area contributed by atoms with Crippen LogP contribution in [0.1, 0.15) is 70.7 Å². The van der Waals surface area contributed by atoms with E-state index in [1.54, 1.807) is 13.8 Å². The van der Waals surface area contributed by atoms with E-state index in [0.717, 1.165) is 38.3 Å². The summed E-state index contributed by atoms with van der Waals surface area (Å²) in [5.41, 5.74) is -0.602. The fraction of sp³-hybridized carbons (Fsp3) is 0.773. The number of aromatic nitrogens is 2. The summed E-state index contributed by atoms with van der Waals surface area (Å²) in [6.07, 6.45) is 0.336. The topological polar surface area (TPSA) is 115 Å². The van der Waals surface area contributed by atoms with Crippen molar-refractivity contribution in [2.45, 2.75) is 96.2 Å². The molecule has 3 rings (SSSR count). The second kappa shape index (κ2) is 12.0. The Bertz CT molecular complexity index is 975. The van der Waals surface area contributed by atoms with E-state index in [1.165, 1.54) is 6.07 Å². The predicted molar refractivity (Wildman–Crippen MR) is 120 cm³/mol. The Hall–Kier alpha value is -1.72. The molecular formula is C22H33F2N2O8P. The van der Waals surface area contributed by atoms with Crippen LogP contribution < -0.4 is 5.69 Å². The van der Waals surface area contributed by atoms with Crippen molar-refractivity contribution in [3.05, 3.63) is 28.4 Å². The minimum Gasteiger partial charge on any atom is -0.453 e. The number of unbranched alkanes of at least 4 members (excludes halogenated alkanes) is 5. The van der Waals surface area contributed by atoms with Gasteiger partial charge in [0.2, 0.25) is 6.23 Å². The molecule has 3 heterocycles. The van der Waals surface area contributed by atoms with Crippen LogP contribution in [0.5, 0.6) is 0 Å². The summed E-state index contributed by atoms with van der Waals surface area (Å²) in [6.45, 7) is 4.60. The molecule has 1 aromatic rings. The van der Waals surface area contributed by atoms with Crippen molar-refractivity contribution in [3.63, 3.8) is 0 Å². The zero-order valence-electron chi connectivity index (χ0n) is 20.2. The van der Waals surface area contributed by atoms with Crippen molar-refractivity contribution < 1.29 is 41.2 Å². The van der Waals surface area contributed by atoms with E-state index in [4.69, 9.17) is 23.0 Å². The van der Waals surface area contributed by atoms with Crippen LogP contribution in [0.25, 0.3) is 0 Å². The lowest BCUT2D eigenvalue weighted by Crippen LogP contribution is -2.44. The first kappa shape index (κ1) is 27.9. The van der Waals surface area contributed by atoms with Crippen LogP contribution in [0.4, 0.5) is 8.78 Å². The molecule has 2 aliphatic rings. The summed E-state index contributed by atoms with van der Waals surface area (Å²) in [6, 6.07) is 1.38. The van der Waals surface area contributed by atoms with Crippen LogP contribution in [-0.2, 0) is 32.4 Å². The van der Waals surface area contributed by atoms with Gasteiger partial charge in [0.05, 0.1) is 19.3 Å². The Kier molecular flexibility index (Phi) is 9.56. The van der Waals surface area contributed by atoms with Gasteiger partial charge in [-0.1, -0.05) is 39.0 Å². The Morgan fingerprint density at radius 1 is 1.29 bits per heavy atom. The molecule has 0 amide bonds. The molecule has 0 saturated carbocycles. The molecular weight excluding hydrogens is 489 g/mol. The number of rotatable bonds is 12. The maximum atomic E-state index is 15.5. The number of ether oxygens (including phenoxy) is 2. The molecule has 2 saturated heterocycles. The molecule has 198 valence electrons. The van der Waals surface area contributed by atoms with Crippen molar-refractivity contribution in [1.82, 2.24) is 9.55 Å². The molecule has 0 bridgehead atoms. The van der Waals surface area contributed by atoms with Crippen molar-refractivity contribution in [2.75, 3.05) is 13.2 Å². The Morgan fingerprint density at radius 2 is 2.00 bits per heavy atom. The second-order valence-electron chi connectivity index (χ2n) is 8.84. The standard InChI is InChI=1S/C22H33F2N2O8P/c1-4-5-6-7-8-9-10-18(27)33-19-17(14-31-35(29)30-13-16(3)34-35)32-20(22(19,23)24)26-12-11-15(2)25-21(26)28/h11-12,16-17,19-20H,4-10,13-14H2,1-3H3/t16?,17-,19-,20-,35?/m1/s1. The highest BCUT2D eigenvalue weighted by molar-refractivity contribution is 7.48. The summed E-state index contributed by atoms with van der Waals surface area (Å²) in [5, 5.41) is 0. The summed E-state index contributed by atoms with van der Waals surface area (Å²) in [7, 11) is -3.97. The number of halogens is 2. The van der Waals surface area contributed by atoms with Crippen LogP contribution in [0.3, 0.4) is 0 Å². The van der Waals surface area contributed by atoms with E-state index in [-0.39, 0.29) is 13.0 Å². The van der Waals surface area contributed by atoms with E-state index in [2.05, 4.69) is 11.9 Å². The zero-order valence-corrected chi connectivity index (χ0v) is 21.1. The first-order valence-electron chi connectivity index (χ1n) is 11.9. The Labute approximate surface area is 202 Å². The number of hydrogen-bond acceptors (Lipinski definition) is 9. The monoisotopic (exact) mass is 522 g/mol.